The SMILES string of the molecule is CCC(CNC(=O)OC(C)(C)C)NCc1c(C)noc1C. The fourth-order valence-corrected chi connectivity index (χ4v) is 1.88. The standard InChI is InChI=1S/C15H27N3O3/c1-7-12(8-17-14(19)20-15(4,5)6)16-9-13-10(2)18-21-11(13)3/h12,16H,7-9H2,1-6H3,(H,17,19). The van der Waals surface area contributed by atoms with Crippen LogP contribution in [-0.2, 0) is 11.3 Å². The summed E-state index contributed by atoms with van der Waals surface area (Å²) in [5.41, 5.74) is 1.50. The molecule has 0 aliphatic heterocycles. The van der Waals surface area contributed by atoms with E-state index in [0.717, 1.165) is 23.4 Å². The number of rotatable bonds is 6. The van der Waals surface area contributed by atoms with E-state index in [1.54, 1.807) is 0 Å². The van der Waals surface area contributed by atoms with Crippen LogP contribution in [0.2, 0.25) is 0 Å². The number of carbonyl (C=O) groups excluding carboxylic acids is 1. The molecule has 0 radical (unpaired) electrons. The molecule has 1 unspecified atom stereocenters. The minimum Gasteiger partial charge on any atom is -0.444 e. The predicted octanol–water partition coefficient (Wildman–Crippen LogP) is 2.68. The summed E-state index contributed by atoms with van der Waals surface area (Å²) in [6.07, 6.45) is 0.513. The lowest BCUT2D eigenvalue weighted by Gasteiger charge is -2.22. The summed E-state index contributed by atoms with van der Waals surface area (Å²) in [5.74, 6) is 0.829. The number of amides is 1. The molecule has 21 heavy (non-hydrogen) atoms. The fourth-order valence-electron chi connectivity index (χ4n) is 1.88. The van der Waals surface area contributed by atoms with E-state index in [1.807, 2.05) is 34.6 Å². The number of carbonyl (C=O) groups is 1. The Morgan fingerprint density at radius 1 is 1.38 bits per heavy atom. The van der Waals surface area contributed by atoms with E-state index in [9.17, 15) is 4.79 Å². The summed E-state index contributed by atoms with van der Waals surface area (Å²) in [4.78, 5) is 11.6. The summed E-state index contributed by atoms with van der Waals surface area (Å²) in [5, 5.41) is 10.1. The van der Waals surface area contributed by atoms with E-state index in [4.69, 9.17) is 9.26 Å². The van der Waals surface area contributed by atoms with Crippen LogP contribution < -0.4 is 10.6 Å². The Morgan fingerprint density at radius 3 is 2.52 bits per heavy atom. The van der Waals surface area contributed by atoms with Crippen LogP contribution >= 0.6 is 0 Å². The topological polar surface area (TPSA) is 76.4 Å². The number of hydrogen-bond donors (Lipinski definition) is 2. The quantitative estimate of drug-likeness (QED) is 0.844. The molecule has 1 rings (SSSR count). The maximum absolute atomic E-state index is 11.6. The van der Waals surface area contributed by atoms with Crippen molar-refractivity contribution in [2.45, 2.75) is 66.2 Å². The first-order valence-corrected chi connectivity index (χ1v) is 7.35. The van der Waals surface area contributed by atoms with Gasteiger partial charge in [0.05, 0.1) is 5.69 Å². The molecule has 6 heteroatoms. The van der Waals surface area contributed by atoms with Crippen molar-refractivity contribution in [1.29, 1.82) is 0 Å². The molecule has 120 valence electrons. The van der Waals surface area contributed by atoms with Gasteiger partial charge in [0.1, 0.15) is 11.4 Å². The van der Waals surface area contributed by atoms with E-state index in [-0.39, 0.29) is 12.1 Å². The molecule has 1 aromatic rings. The third kappa shape index (κ3) is 6.16. The third-order valence-corrected chi connectivity index (χ3v) is 3.13. The van der Waals surface area contributed by atoms with Gasteiger partial charge in [0, 0.05) is 24.7 Å². The van der Waals surface area contributed by atoms with Gasteiger partial charge < -0.3 is 19.9 Å². The number of nitrogens with one attached hydrogen (secondary N) is 2. The second-order valence-electron chi connectivity index (χ2n) is 6.17. The Bertz CT molecular complexity index is 444. The molecule has 1 amide bonds. The van der Waals surface area contributed by atoms with Crippen LogP contribution in [0.25, 0.3) is 0 Å². The summed E-state index contributed by atoms with van der Waals surface area (Å²) in [6, 6.07) is 0.172. The van der Waals surface area contributed by atoms with Crippen molar-refractivity contribution in [2.24, 2.45) is 0 Å². The molecule has 0 aliphatic carbocycles. The minimum absolute atomic E-state index is 0.172. The van der Waals surface area contributed by atoms with Gasteiger partial charge in [-0.05, 0) is 41.0 Å². The molecule has 6 nitrogen and oxygen atoms in total. The molecule has 0 saturated heterocycles. The molecule has 0 saturated carbocycles. The number of aryl methyl sites for hydroxylation is 2. The van der Waals surface area contributed by atoms with Gasteiger partial charge in [0.2, 0.25) is 0 Å². The van der Waals surface area contributed by atoms with Crippen LogP contribution in [0, 0.1) is 13.8 Å². The van der Waals surface area contributed by atoms with Gasteiger partial charge in [-0.2, -0.15) is 0 Å². The zero-order chi connectivity index (χ0) is 16.0. The zero-order valence-corrected chi connectivity index (χ0v) is 13.9. The Hall–Kier alpha value is -1.56. The van der Waals surface area contributed by atoms with Crippen LogP contribution in [0.1, 0.15) is 51.1 Å². The van der Waals surface area contributed by atoms with Crippen LogP contribution in [0.15, 0.2) is 4.52 Å². The van der Waals surface area contributed by atoms with Crippen molar-refractivity contribution in [3.63, 3.8) is 0 Å². The summed E-state index contributed by atoms with van der Waals surface area (Å²) in [6.45, 7) is 12.6. The van der Waals surface area contributed by atoms with Crippen molar-refractivity contribution in [2.75, 3.05) is 6.54 Å². The molecule has 0 bridgehead atoms. The Morgan fingerprint density at radius 2 is 2.05 bits per heavy atom. The van der Waals surface area contributed by atoms with Gasteiger partial charge in [-0.25, -0.2) is 4.79 Å². The lowest BCUT2D eigenvalue weighted by Crippen LogP contribution is -2.42. The molecule has 0 spiro atoms. The Balaban J connectivity index is 2.40. The summed E-state index contributed by atoms with van der Waals surface area (Å²) >= 11 is 0. The van der Waals surface area contributed by atoms with E-state index in [0.29, 0.717) is 13.1 Å². The van der Waals surface area contributed by atoms with Crippen molar-refractivity contribution in [1.82, 2.24) is 15.8 Å². The highest BCUT2D eigenvalue weighted by molar-refractivity contribution is 5.67. The lowest BCUT2D eigenvalue weighted by atomic mass is 10.1. The van der Waals surface area contributed by atoms with Gasteiger partial charge in [0.25, 0.3) is 0 Å². The van der Waals surface area contributed by atoms with Crippen molar-refractivity contribution in [3.05, 3.63) is 17.0 Å². The molecule has 2 N–H and O–H groups in total. The number of ether oxygens (including phenoxy) is 1. The molecule has 1 atom stereocenters. The van der Waals surface area contributed by atoms with E-state index < -0.39 is 5.60 Å². The summed E-state index contributed by atoms with van der Waals surface area (Å²) in [7, 11) is 0. The fraction of sp³-hybridized carbons (Fsp3) is 0.733. The van der Waals surface area contributed by atoms with Gasteiger partial charge in [0.15, 0.2) is 0 Å². The summed E-state index contributed by atoms with van der Waals surface area (Å²) < 4.78 is 10.4. The molecule has 0 aromatic carbocycles. The van der Waals surface area contributed by atoms with Crippen molar-refractivity contribution in [3.8, 4) is 0 Å². The molecule has 0 fully saturated rings. The average molecular weight is 297 g/mol. The number of alkyl carbamates (subject to hydrolysis) is 1. The van der Waals surface area contributed by atoms with E-state index in [2.05, 4.69) is 22.7 Å². The van der Waals surface area contributed by atoms with E-state index in [1.165, 1.54) is 0 Å². The minimum atomic E-state index is -0.476. The highest BCUT2D eigenvalue weighted by Crippen LogP contribution is 2.12. The largest absolute Gasteiger partial charge is 0.444 e. The lowest BCUT2D eigenvalue weighted by molar-refractivity contribution is 0.0522. The van der Waals surface area contributed by atoms with Crippen LogP contribution in [0.5, 0.6) is 0 Å². The third-order valence-electron chi connectivity index (χ3n) is 3.13. The first-order chi connectivity index (χ1) is 9.73. The second kappa shape index (κ2) is 7.45. The maximum atomic E-state index is 11.6. The maximum Gasteiger partial charge on any atom is 0.407 e. The average Bonchev–Trinajstić information content (AvgIpc) is 2.68. The highest BCUT2D eigenvalue weighted by Gasteiger charge is 2.17. The monoisotopic (exact) mass is 297 g/mol. The molecule has 1 aromatic heterocycles. The Kier molecular flexibility index (Phi) is 6.20. The van der Waals surface area contributed by atoms with Crippen LogP contribution in [-0.4, -0.2) is 29.4 Å². The van der Waals surface area contributed by atoms with Gasteiger partial charge in [-0.3, -0.25) is 0 Å². The molecular weight excluding hydrogens is 270 g/mol. The number of aromatic nitrogens is 1. The first kappa shape index (κ1) is 17.5. The van der Waals surface area contributed by atoms with Crippen LogP contribution in [0.4, 0.5) is 4.79 Å². The number of nitrogens with zero attached hydrogens (tertiary/aromatic N) is 1. The second-order valence-corrected chi connectivity index (χ2v) is 6.17. The van der Waals surface area contributed by atoms with Gasteiger partial charge in [-0.15, -0.1) is 0 Å². The normalized spacial score (nSPS) is 13.0. The van der Waals surface area contributed by atoms with Crippen molar-refractivity contribution >= 4 is 6.09 Å². The Labute approximate surface area is 126 Å². The molecular formula is C15H27N3O3. The van der Waals surface area contributed by atoms with Crippen molar-refractivity contribution < 1.29 is 14.1 Å². The smallest absolute Gasteiger partial charge is 0.407 e. The van der Waals surface area contributed by atoms with E-state index >= 15 is 0 Å². The zero-order valence-electron chi connectivity index (χ0n) is 13.9. The highest BCUT2D eigenvalue weighted by atomic mass is 16.6. The molecule has 1 heterocycles. The predicted molar refractivity (Wildman–Crippen MR) is 81.1 cm³/mol. The van der Waals surface area contributed by atoms with Gasteiger partial charge in [-0.1, -0.05) is 12.1 Å². The van der Waals surface area contributed by atoms with Crippen LogP contribution in [0.3, 0.4) is 0 Å². The first-order valence-electron chi connectivity index (χ1n) is 7.35. The molecule has 0 aliphatic rings. The van der Waals surface area contributed by atoms with Gasteiger partial charge >= 0.3 is 6.09 Å². The number of hydrogen-bond acceptors (Lipinski definition) is 5.